The summed E-state index contributed by atoms with van der Waals surface area (Å²) in [5.41, 5.74) is 1.88. The first-order valence-electron chi connectivity index (χ1n) is 6.09. The van der Waals surface area contributed by atoms with Gasteiger partial charge in [-0.15, -0.1) is 0 Å². The van der Waals surface area contributed by atoms with Crippen LogP contribution in [0.25, 0.3) is 0 Å². The lowest BCUT2D eigenvalue weighted by Gasteiger charge is -2.39. The van der Waals surface area contributed by atoms with Crippen LogP contribution in [-0.2, 0) is 0 Å². The maximum atomic E-state index is 13.5. The SMILES string of the molecule is Cc1ccc(NC2CSCCC2(C)C)cc1F. The van der Waals surface area contributed by atoms with Crippen LogP contribution in [-0.4, -0.2) is 17.5 Å². The number of halogens is 1. The lowest BCUT2D eigenvalue weighted by molar-refractivity contribution is 0.305. The summed E-state index contributed by atoms with van der Waals surface area (Å²) in [7, 11) is 0. The standard InChI is InChI=1S/C14H20FNS/c1-10-4-5-11(8-12(10)15)16-13-9-17-7-6-14(13,2)3/h4-5,8,13,16H,6-7,9H2,1-3H3. The molecule has 94 valence electrons. The molecule has 0 bridgehead atoms. The summed E-state index contributed by atoms with van der Waals surface area (Å²) >= 11 is 1.98. The van der Waals surface area contributed by atoms with E-state index in [9.17, 15) is 4.39 Å². The van der Waals surface area contributed by atoms with Crippen LogP contribution in [0.1, 0.15) is 25.8 Å². The first-order chi connectivity index (χ1) is 7.99. The largest absolute Gasteiger partial charge is 0.381 e. The Morgan fingerprint density at radius 2 is 2.18 bits per heavy atom. The van der Waals surface area contributed by atoms with Crippen LogP contribution in [0.3, 0.4) is 0 Å². The molecule has 0 radical (unpaired) electrons. The van der Waals surface area contributed by atoms with E-state index >= 15 is 0 Å². The van der Waals surface area contributed by atoms with Crippen LogP contribution in [0.15, 0.2) is 18.2 Å². The second-order valence-electron chi connectivity index (χ2n) is 5.47. The molecule has 17 heavy (non-hydrogen) atoms. The zero-order valence-corrected chi connectivity index (χ0v) is 11.5. The molecule has 1 unspecified atom stereocenters. The first-order valence-corrected chi connectivity index (χ1v) is 7.25. The third-order valence-electron chi connectivity index (χ3n) is 3.63. The maximum Gasteiger partial charge on any atom is 0.128 e. The monoisotopic (exact) mass is 253 g/mol. The van der Waals surface area contributed by atoms with Gasteiger partial charge in [0.1, 0.15) is 5.82 Å². The molecule has 1 N–H and O–H groups in total. The summed E-state index contributed by atoms with van der Waals surface area (Å²) < 4.78 is 13.5. The predicted octanol–water partition coefficient (Wildman–Crippen LogP) is 4.08. The molecule has 0 amide bonds. The molecule has 0 spiro atoms. The van der Waals surface area contributed by atoms with Crippen molar-refractivity contribution in [1.82, 2.24) is 0 Å². The Bertz CT molecular complexity index is 403. The highest BCUT2D eigenvalue weighted by atomic mass is 32.2. The number of nitrogens with one attached hydrogen (secondary N) is 1. The molecule has 1 aromatic carbocycles. The molecule has 2 rings (SSSR count). The Morgan fingerprint density at radius 1 is 1.41 bits per heavy atom. The average Bonchev–Trinajstić information content (AvgIpc) is 2.26. The normalized spacial score (nSPS) is 23.4. The molecule has 1 saturated heterocycles. The zero-order valence-electron chi connectivity index (χ0n) is 10.7. The Balaban J connectivity index is 2.11. The van der Waals surface area contributed by atoms with Gasteiger partial charge in [0.25, 0.3) is 0 Å². The number of rotatable bonds is 2. The van der Waals surface area contributed by atoms with Gasteiger partial charge in [0.2, 0.25) is 0 Å². The van der Waals surface area contributed by atoms with Crippen LogP contribution in [0.4, 0.5) is 10.1 Å². The summed E-state index contributed by atoms with van der Waals surface area (Å²) in [4.78, 5) is 0. The fraction of sp³-hybridized carbons (Fsp3) is 0.571. The van der Waals surface area contributed by atoms with Gasteiger partial charge in [-0.2, -0.15) is 11.8 Å². The summed E-state index contributed by atoms with van der Waals surface area (Å²) in [6, 6.07) is 5.82. The first kappa shape index (κ1) is 12.7. The molecule has 1 heterocycles. The zero-order chi connectivity index (χ0) is 12.5. The summed E-state index contributed by atoms with van der Waals surface area (Å²) in [6.07, 6.45) is 1.21. The van der Waals surface area contributed by atoms with E-state index < -0.39 is 0 Å². The lowest BCUT2D eigenvalue weighted by Crippen LogP contribution is -2.41. The Labute approximate surface area is 107 Å². The topological polar surface area (TPSA) is 12.0 Å². The molecule has 1 nitrogen and oxygen atoms in total. The van der Waals surface area contributed by atoms with Gasteiger partial charge in [0.15, 0.2) is 0 Å². The molecule has 1 fully saturated rings. The fourth-order valence-corrected chi connectivity index (χ4v) is 3.66. The van der Waals surface area contributed by atoms with Crippen molar-refractivity contribution in [2.75, 3.05) is 16.8 Å². The predicted molar refractivity (Wildman–Crippen MR) is 74.3 cm³/mol. The van der Waals surface area contributed by atoms with E-state index in [2.05, 4.69) is 19.2 Å². The van der Waals surface area contributed by atoms with Crippen LogP contribution in [0.2, 0.25) is 0 Å². The minimum Gasteiger partial charge on any atom is -0.381 e. The van der Waals surface area contributed by atoms with Gasteiger partial charge in [-0.1, -0.05) is 19.9 Å². The van der Waals surface area contributed by atoms with E-state index in [1.807, 2.05) is 23.9 Å². The molecule has 1 aromatic rings. The van der Waals surface area contributed by atoms with E-state index in [0.29, 0.717) is 11.6 Å². The minimum atomic E-state index is -0.128. The van der Waals surface area contributed by atoms with Gasteiger partial charge < -0.3 is 5.32 Å². The number of hydrogen-bond donors (Lipinski definition) is 1. The van der Waals surface area contributed by atoms with Gasteiger partial charge in [-0.05, 0) is 42.2 Å². The number of anilines is 1. The van der Waals surface area contributed by atoms with Gasteiger partial charge in [0, 0.05) is 17.5 Å². The number of aryl methyl sites for hydroxylation is 1. The second kappa shape index (κ2) is 4.89. The van der Waals surface area contributed by atoms with Crippen LogP contribution in [0, 0.1) is 18.2 Å². The van der Waals surface area contributed by atoms with Crippen molar-refractivity contribution < 1.29 is 4.39 Å². The smallest absolute Gasteiger partial charge is 0.128 e. The van der Waals surface area contributed by atoms with Gasteiger partial charge >= 0.3 is 0 Å². The Morgan fingerprint density at radius 3 is 2.82 bits per heavy atom. The Hall–Kier alpha value is -0.700. The molecule has 3 heteroatoms. The molecule has 0 aliphatic carbocycles. The van der Waals surface area contributed by atoms with Crippen LogP contribution < -0.4 is 5.32 Å². The van der Waals surface area contributed by atoms with Crippen molar-refractivity contribution in [3.8, 4) is 0 Å². The highest BCUT2D eigenvalue weighted by molar-refractivity contribution is 7.99. The fourth-order valence-electron chi connectivity index (χ4n) is 2.06. The number of benzene rings is 1. The molecule has 0 saturated carbocycles. The van der Waals surface area contributed by atoms with Crippen molar-refractivity contribution in [3.05, 3.63) is 29.6 Å². The number of hydrogen-bond acceptors (Lipinski definition) is 2. The second-order valence-corrected chi connectivity index (χ2v) is 6.62. The highest BCUT2D eigenvalue weighted by Gasteiger charge is 2.32. The lowest BCUT2D eigenvalue weighted by atomic mass is 9.82. The quantitative estimate of drug-likeness (QED) is 0.852. The van der Waals surface area contributed by atoms with Crippen molar-refractivity contribution in [2.24, 2.45) is 5.41 Å². The Kier molecular flexibility index (Phi) is 3.67. The molecule has 0 aromatic heterocycles. The van der Waals surface area contributed by atoms with E-state index in [0.717, 1.165) is 11.4 Å². The minimum absolute atomic E-state index is 0.128. The van der Waals surface area contributed by atoms with Gasteiger partial charge in [-0.25, -0.2) is 4.39 Å². The van der Waals surface area contributed by atoms with E-state index in [-0.39, 0.29) is 11.2 Å². The highest BCUT2D eigenvalue weighted by Crippen LogP contribution is 2.36. The van der Waals surface area contributed by atoms with Crippen molar-refractivity contribution in [3.63, 3.8) is 0 Å². The van der Waals surface area contributed by atoms with Crippen molar-refractivity contribution >= 4 is 17.4 Å². The van der Waals surface area contributed by atoms with E-state index in [1.54, 1.807) is 13.0 Å². The van der Waals surface area contributed by atoms with Gasteiger partial charge in [0.05, 0.1) is 0 Å². The third kappa shape index (κ3) is 2.95. The van der Waals surface area contributed by atoms with E-state index in [4.69, 9.17) is 0 Å². The molecular weight excluding hydrogens is 233 g/mol. The van der Waals surface area contributed by atoms with Crippen LogP contribution in [0.5, 0.6) is 0 Å². The molecule has 1 aliphatic rings. The maximum absolute atomic E-state index is 13.5. The summed E-state index contributed by atoms with van der Waals surface area (Å²) in [5, 5.41) is 3.48. The third-order valence-corrected chi connectivity index (χ3v) is 4.69. The molecule has 1 atom stereocenters. The molecular formula is C14H20FNS. The number of thioether (sulfide) groups is 1. The summed E-state index contributed by atoms with van der Waals surface area (Å²) in [6.45, 7) is 6.36. The van der Waals surface area contributed by atoms with Gasteiger partial charge in [-0.3, -0.25) is 0 Å². The van der Waals surface area contributed by atoms with Crippen molar-refractivity contribution in [1.29, 1.82) is 0 Å². The van der Waals surface area contributed by atoms with Crippen LogP contribution >= 0.6 is 11.8 Å². The summed E-state index contributed by atoms with van der Waals surface area (Å²) in [5.74, 6) is 2.20. The molecule has 1 aliphatic heterocycles. The average molecular weight is 253 g/mol. The van der Waals surface area contributed by atoms with E-state index in [1.165, 1.54) is 12.2 Å². The van der Waals surface area contributed by atoms with Crippen molar-refractivity contribution in [2.45, 2.75) is 33.2 Å².